The highest BCUT2D eigenvalue weighted by Crippen LogP contribution is 2.40. The molecule has 0 spiro atoms. The van der Waals surface area contributed by atoms with Gasteiger partial charge < -0.3 is 4.74 Å². The zero-order valence-corrected chi connectivity index (χ0v) is 11.7. The van der Waals surface area contributed by atoms with Crippen LogP contribution >= 0.6 is 11.6 Å². The van der Waals surface area contributed by atoms with Gasteiger partial charge >= 0.3 is 0 Å². The fourth-order valence-corrected chi connectivity index (χ4v) is 2.07. The number of rotatable bonds is 3. The van der Waals surface area contributed by atoms with Crippen molar-refractivity contribution in [1.29, 1.82) is 0 Å². The van der Waals surface area contributed by atoms with E-state index in [1.165, 1.54) is 0 Å². The molecule has 0 amide bonds. The Morgan fingerprint density at radius 2 is 2.00 bits per heavy atom. The topological polar surface area (TPSA) is 35.0 Å². The van der Waals surface area contributed by atoms with E-state index in [4.69, 9.17) is 16.3 Å². The normalized spacial score (nSPS) is 14.5. The summed E-state index contributed by atoms with van der Waals surface area (Å²) in [7, 11) is 0. The predicted octanol–water partition coefficient (Wildman–Crippen LogP) is 4.42. The van der Waals surface area contributed by atoms with Crippen LogP contribution in [-0.4, -0.2) is 9.97 Å². The second kappa shape index (κ2) is 4.82. The van der Waals surface area contributed by atoms with E-state index in [1.54, 1.807) is 0 Å². The van der Waals surface area contributed by atoms with Crippen LogP contribution in [0.1, 0.15) is 35.7 Å². The number of nitrogens with zero attached hydrogens (tertiary/aromatic N) is 2. The molecule has 1 aliphatic carbocycles. The Morgan fingerprint density at radius 3 is 2.68 bits per heavy atom. The first-order valence-corrected chi connectivity index (χ1v) is 6.80. The van der Waals surface area contributed by atoms with E-state index in [1.807, 2.05) is 38.1 Å². The van der Waals surface area contributed by atoms with Gasteiger partial charge in [-0.15, -0.1) is 0 Å². The standard InChI is InChI=1S/C15H15ClN2O/c1-9-4-3-5-12(8-9)19-15-10(2)13(16)17-14(18-15)11-6-7-11/h3-5,8,11H,6-7H2,1-2H3. The first kappa shape index (κ1) is 12.4. The maximum atomic E-state index is 6.16. The number of hydrogen-bond acceptors (Lipinski definition) is 3. The molecule has 0 aliphatic heterocycles. The Morgan fingerprint density at radius 1 is 1.21 bits per heavy atom. The first-order chi connectivity index (χ1) is 9.13. The van der Waals surface area contributed by atoms with Crippen LogP contribution in [0.2, 0.25) is 5.15 Å². The summed E-state index contributed by atoms with van der Waals surface area (Å²) in [5, 5.41) is 0.486. The molecule has 98 valence electrons. The molecular weight excluding hydrogens is 260 g/mol. The zero-order valence-electron chi connectivity index (χ0n) is 11.0. The minimum absolute atomic E-state index is 0.456. The average molecular weight is 275 g/mol. The maximum Gasteiger partial charge on any atom is 0.226 e. The highest BCUT2D eigenvalue weighted by molar-refractivity contribution is 6.30. The Balaban J connectivity index is 1.95. The van der Waals surface area contributed by atoms with Gasteiger partial charge in [-0.2, -0.15) is 4.98 Å². The SMILES string of the molecule is Cc1cccc(Oc2nc(C3CC3)nc(Cl)c2C)c1. The molecule has 0 radical (unpaired) electrons. The largest absolute Gasteiger partial charge is 0.439 e. The molecule has 3 rings (SSSR count). The summed E-state index contributed by atoms with van der Waals surface area (Å²) in [5.74, 6) is 2.60. The smallest absolute Gasteiger partial charge is 0.226 e. The third kappa shape index (κ3) is 2.71. The zero-order chi connectivity index (χ0) is 13.4. The van der Waals surface area contributed by atoms with Crippen molar-refractivity contribution >= 4 is 11.6 Å². The van der Waals surface area contributed by atoms with Crippen molar-refractivity contribution in [3.05, 3.63) is 46.4 Å². The van der Waals surface area contributed by atoms with Crippen LogP contribution < -0.4 is 4.74 Å². The molecule has 0 N–H and O–H groups in total. The Kier molecular flexibility index (Phi) is 3.15. The molecule has 19 heavy (non-hydrogen) atoms. The van der Waals surface area contributed by atoms with Crippen LogP contribution in [0, 0.1) is 13.8 Å². The van der Waals surface area contributed by atoms with Crippen LogP contribution in [0.25, 0.3) is 0 Å². The number of hydrogen-bond donors (Lipinski definition) is 0. The number of ether oxygens (including phenoxy) is 1. The van der Waals surface area contributed by atoms with E-state index >= 15 is 0 Å². The molecule has 1 aromatic heterocycles. The second-order valence-electron chi connectivity index (χ2n) is 5.00. The molecule has 0 unspecified atom stereocenters. The van der Waals surface area contributed by atoms with Gasteiger partial charge in [-0.05, 0) is 44.4 Å². The lowest BCUT2D eigenvalue weighted by Crippen LogP contribution is -2.00. The van der Waals surface area contributed by atoms with Gasteiger partial charge in [0.25, 0.3) is 0 Å². The summed E-state index contributed by atoms with van der Waals surface area (Å²) in [4.78, 5) is 8.83. The van der Waals surface area contributed by atoms with Crippen molar-refractivity contribution in [3.63, 3.8) is 0 Å². The lowest BCUT2D eigenvalue weighted by atomic mass is 10.2. The van der Waals surface area contributed by atoms with E-state index in [0.29, 0.717) is 17.0 Å². The van der Waals surface area contributed by atoms with Crippen LogP contribution in [0.15, 0.2) is 24.3 Å². The highest BCUT2D eigenvalue weighted by Gasteiger charge is 2.28. The van der Waals surface area contributed by atoms with Crippen molar-refractivity contribution in [1.82, 2.24) is 9.97 Å². The fraction of sp³-hybridized carbons (Fsp3) is 0.333. The average Bonchev–Trinajstić information content (AvgIpc) is 3.19. The summed E-state index contributed by atoms with van der Waals surface area (Å²) in [5.41, 5.74) is 1.94. The summed E-state index contributed by atoms with van der Waals surface area (Å²) in [6.45, 7) is 3.91. The molecular formula is C15H15ClN2O. The van der Waals surface area contributed by atoms with E-state index in [-0.39, 0.29) is 0 Å². The van der Waals surface area contributed by atoms with Gasteiger partial charge in [-0.1, -0.05) is 23.7 Å². The molecule has 1 heterocycles. The molecule has 1 fully saturated rings. The molecule has 4 heteroatoms. The number of aromatic nitrogens is 2. The quantitative estimate of drug-likeness (QED) is 0.777. The fourth-order valence-electron chi connectivity index (χ4n) is 1.90. The monoisotopic (exact) mass is 274 g/mol. The summed E-state index contributed by atoms with van der Waals surface area (Å²) in [6.07, 6.45) is 2.28. The van der Waals surface area contributed by atoms with Gasteiger partial charge in [-0.3, -0.25) is 0 Å². The molecule has 2 aromatic rings. The molecule has 1 aliphatic rings. The van der Waals surface area contributed by atoms with Crippen molar-refractivity contribution in [2.45, 2.75) is 32.6 Å². The van der Waals surface area contributed by atoms with Crippen molar-refractivity contribution in [2.75, 3.05) is 0 Å². The molecule has 0 bridgehead atoms. The van der Waals surface area contributed by atoms with Crippen LogP contribution in [-0.2, 0) is 0 Å². The molecule has 1 aromatic carbocycles. The highest BCUT2D eigenvalue weighted by atomic mass is 35.5. The molecule has 0 atom stereocenters. The van der Waals surface area contributed by atoms with E-state index in [0.717, 1.165) is 35.5 Å². The lowest BCUT2D eigenvalue weighted by Gasteiger charge is -2.10. The minimum Gasteiger partial charge on any atom is -0.439 e. The summed E-state index contributed by atoms with van der Waals surface area (Å²) in [6, 6.07) is 7.89. The third-order valence-electron chi connectivity index (χ3n) is 3.21. The lowest BCUT2D eigenvalue weighted by molar-refractivity contribution is 0.454. The predicted molar refractivity (Wildman–Crippen MR) is 75.0 cm³/mol. The summed E-state index contributed by atoms with van der Waals surface area (Å²) < 4.78 is 5.85. The minimum atomic E-state index is 0.456. The molecule has 3 nitrogen and oxygen atoms in total. The van der Waals surface area contributed by atoms with Gasteiger partial charge in [-0.25, -0.2) is 4.98 Å². The van der Waals surface area contributed by atoms with E-state index < -0.39 is 0 Å². The van der Waals surface area contributed by atoms with Gasteiger partial charge in [0.15, 0.2) is 0 Å². The summed E-state index contributed by atoms with van der Waals surface area (Å²) >= 11 is 6.16. The molecule has 1 saturated carbocycles. The van der Waals surface area contributed by atoms with Crippen molar-refractivity contribution in [2.24, 2.45) is 0 Å². The number of aryl methyl sites for hydroxylation is 1. The first-order valence-electron chi connectivity index (χ1n) is 6.42. The third-order valence-corrected chi connectivity index (χ3v) is 3.57. The second-order valence-corrected chi connectivity index (χ2v) is 5.35. The van der Waals surface area contributed by atoms with Crippen LogP contribution in [0.4, 0.5) is 0 Å². The Hall–Kier alpha value is -1.61. The van der Waals surface area contributed by atoms with Crippen molar-refractivity contribution < 1.29 is 4.74 Å². The molecule has 0 saturated heterocycles. The maximum absolute atomic E-state index is 6.16. The van der Waals surface area contributed by atoms with Gasteiger partial charge in [0.05, 0.1) is 0 Å². The van der Waals surface area contributed by atoms with Crippen molar-refractivity contribution in [3.8, 4) is 11.6 Å². The van der Waals surface area contributed by atoms with Gasteiger partial charge in [0.1, 0.15) is 16.7 Å². The van der Waals surface area contributed by atoms with Crippen LogP contribution in [0.3, 0.4) is 0 Å². The van der Waals surface area contributed by atoms with E-state index in [2.05, 4.69) is 9.97 Å². The Bertz CT molecular complexity index is 624. The Labute approximate surface area is 117 Å². The van der Waals surface area contributed by atoms with Gasteiger partial charge in [0.2, 0.25) is 5.88 Å². The van der Waals surface area contributed by atoms with Gasteiger partial charge in [0, 0.05) is 11.5 Å². The number of halogens is 1. The van der Waals surface area contributed by atoms with Crippen LogP contribution in [0.5, 0.6) is 11.6 Å². The van der Waals surface area contributed by atoms with E-state index in [9.17, 15) is 0 Å². The number of benzene rings is 1.